The molecule has 0 aliphatic heterocycles. The summed E-state index contributed by atoms with van der Waals surface area (Å²) in [6, 6.07) is 14.0. The van der Waals surface area contributed by atoms with Gasteiger partial charge in [-0.3, -0.25) is 0 Å². The molecule has 2 aromatic carbocycles. The molecule has 1 aromatic heterocycles. The van der Waals surface area contributed by atoms with Crippen molar-refractivity contribution in [3.63, 3.8) is 0 Å². The van der Waals surface area contributed by atoms with Gasteiger partial charge in [-0.15, -0.1) is 11.3 Å². The van der Waals surface area contributed by atoms with E-state index in [9.17, 15) is 0 Å². The monoisotopic (exact) mass is 347 g/mol. The van der Waals surface area contributed by atoms with Gasteiger partial charge in [0.2, 0.25) is 0 Å². The number of halogens is 1. The van der Waals surface area contributed by atoms with Gasteiger partial charge in [0.25, 0.3) is 0 Å². The molecule has 0 saturated heterocycles. The number of rotatable bonds is 3. The molecule has 0 saturated carbocycles. The van der Waals surface area contributed by atoms with E-state index in [0.29, 0.717) is 0 Å². The van der Waals surface area contributed by atoms with E-state index in [-0.39, 0.29) is 6.04 Å². The zero-order chi connectivity index (χ0) is 14.1. The molecule has 0 bridgehead atoms. The Morgan fingerprint density at radius 2 is 2.00 bits per heavy atom. The molecule has 0 aliphatic carbocycles. The maximum atomic E-state index is 6.44. The number of methoxy groups -OCH3 is 1. The molecule has 1 atom stereocenters. The predicted molar refractivity (Wildman–Crippen MR) is 88.5 cm³/mol. The van der Waals surface area contributed by atoms with Gasteiger partial charge in [-0.25, -0.2) is 0 Å². The fourth-order valence-electron chi connectivity index (χ4n) is 2.30. The summed E-state index contributed by atoms with van der Waals surface area (Å²) in [6.45, 7) is 0. The molecular formula is C16H14BrNOS. The second-order valence-corrected chi connectivity index (χ2v) is 6.30. The highest BCUT2D eigenvalue weighted by Gasteiger charge is 2.15. The van der Waals surface area contributed by atoms with E-state index in [1.54, 1.807) is 18.4 Å². The van der Waals surface area contributed by atoms with Crippen LogP contribution in [0.4, 0.5) is 0 Å². The van der Waals surface area contributed by atoms with Gasteiger partial charge >= 0.3 is 0 Å². The van der Waals surface area contributed by atoms with Crippen molar-refractivity contribution in [1.29, 1.82) is 0 Å². The van der Waals surface area contributed by atoms with Crippen molar-refractivity contribution in [3.05, 3.63) is 63.4 Å². The van der Waals surface area contributed by atoms with E-state index in [2.05, 4.69) is 33.4 Å². The first-order chi connectivity index (χ1) is 9.70. The maximum absolute atomic E-state index is 6.44. The molecule has 1 heterocycles. The largest absolute Gasteiger partial charge is 0.497 e. The zero-order valence-electron chi connectivity index (χ0n) is 11.0. The number of fused-ring (bicyclic) bond motifs is 1. The van der Waals surface area contributed by atoms with E-state index in [1.165, 1.54) is 10.1 Å². The zero-order valence-corrected chi connectivity index (χ0v) is 13.4. The summed E-state index contributed by atoms with van der Waals surface area (Å²) in [5.74, 6) is 0.832. The molecular weight excluding hydrogens is 334 g/mol. The Balaban J connectivity index is 2.08. The quantitative estimate of drug-likeness (QED) is 0.743. The Kier molecular flexibility index (Phi) is 3.78. The van der Waals surface area contributed by atoms with Gasteiger partial charge in [0.1, 0.15) is 5.75 Å². The minimum atomic E-state index is -0.145. The third-order valence-electron chi connectivity index (χ3n) is 3.37. The van der Waals surface area contributed by atoms with Crippen LogP contribution < -0.4 is 10.5 Å². The van der Waals surface area contributed by atoms with Crippen LogP contribution in [0.5, 0.6) is 5.75 Å². The topological polar surface area (TPSA) is 35.2 Å². The second-order valence-electron chi connectivity index (χ2n) is 4.56. The average Bonchev–Trinajstić information content (AvgIpc) is 2.92. The summed E-state index contributed by atoms with van der Waals surface area (Å²) in [7, 11) is 1.67. The van der Waals surface area contributed by atoms with Gasteiger partial charge in [-0.2, -0.15) is 0 Å². The lowest BCUT2D eigenvalue weighted by molar-refractivity contribution is 0.414. The van der Waals surface area contributed by atoms with Gasteiger partial charge in [0, 0.05) is 9.17 Å². The van der Waals surface area contributed by atoms with Crippen LogP contribution in [0.15, 0.2) is 52.3 Å². The summed E-state index contributed by atoms with van der Waals surface area (Å²) in [5.41, 5.74) is 8.65. The average molecular weight is 348 g/mol. The smallest absolute Gasteiger partial charge is 0.119 e. The summed E-state index contributed by atoms with van der Waals surface area (Å²) >= 11 is 5.30. The number of ether oxygens (including phenoxy) is 1. The Hall–Kier alpha value is -1.36. The number of nitrogens with two attached hydrogens (primary N) is 1. The number of hydrogen-bond donors (Lipinski definition) is 1. The van der Waals surface area contributed by atoms with Crippen LogP contribution >= 0.6 is 27.3 Å². The van der Waals surface area contributed by atoms with Gasteiger partial charge in [0.15, 0.2) is 0 Å². The fraction of sp³-hybridized carbons (Fsp3) is 0.125. The van der Waals surface area contributed by atoms with Crippen molar-refractivity contribution in [2.75, 3.05) is 7.11 Å². The van der Waals surface area contributed by atoms with E-state index in [0.717, 1.165) is 21.3 Å². The molecule has 4 heteroatoms. The number of thiophene rings is 1. The highest BCUT2D eigenvalue weighted by molar-refractivity contribution is 9.10. The van der Waals surface area contributed by atoms with Crippen molar-refractivity contribution < 1.29 is 4.74 Å². The number of benzene rings is 2. The molecule has 2 nitrogen and oxygen atoms in total. The van der Waals surface area contributed by atoms with Crippen LogP contribution in [0.1, 0.15) is 17.2 Å². The molecule has 3 rings (SSSR count). The van der Waals surface area contributed by atoms with Crippen molar-refractivity contribution in [2.45, 2.75) is 6.04 Å². The summed E-state index contributed by atoms with van der Waals surface area (Å²) in [6.07, 6.45) is 0. The highest BCUT2D eigenvalue weighted by Crippen LogP contribution is 2.36. The van der Waals surface area contributed by atoms with Crippen molar-refractivity contribution in [1.82, 2.24) is 0 Å². The maximum Gasteiger partial charge on any atom is 0.119 e. The van der Waals surface area contributed by atoms with E-state index >= 15 is 0 Å². The molecule has 20 heavy (non-hydrogen) atoms. The molecule has 3 aromatic rings. The third-order valence-corrected chi connectivity index (χ3v) is 5.34. The standard InChI is InChI=1S/C16H14BrNOS/c1-19-11-5-2-4-10(8-11)15(18)13-9-20-16-12(13)6-3-7-14(16)17/h2-9,15H,18H2,1H3. The van der Waals surface area contributed by atoms with Gasteiger partial charge in [-0.1, -0.05) is 24.3 Å². The first-order valence-corrected chi connectivity index (χ1v) is 7.93. The third kappa shape index (κ3) is 2.35. The lowest BCUT2D eigenvalue weighted by Gasteiger charge is -2.13. The van der Waals surface area contributed by atoms with E-state index in [1.807, 2.05) is 30.3 Å². The van der Waals surface area contributed by atoms with Crippen molar-refractivity contribution in [3.8, 4) is 5.75 Å². The Bertz CT molecular complexity index is 753. The first-order valence-electron chi connectivity index (χ1n) is 6.26. The first kappa shape index (κ1) is 13.6. The normalized spacial score (nSPS) is 12.6. The number of hydrogen-bond acceptors (Lipinski definition) is 3. The molecule has 0 amide bonds. The Labute approximate surface area is 130 Å². The Morgan fingerprint density at radius 3 is 2.80 bits per heavy atom. The molecule has 0 spiro atoms. The summed E-state index contributed by atoms with van der Waals surface area (Å²) in [4.78, 5) is 0. The van der Waals surface area contributed by atoms with E-state index in [4.69, 9.17) is 10.5 Å². The van der Waals surface area contributed by atoms with Gasteiger partial charge < -0.3 is 10.5 Å². The van der Waals surface area contributed by atoms with Crippen molar-refractivity contribution >= 4 is 37.4 Å². The minimum absolute atomic E-state index is 0.145. The van der Waals surface area contributed by atoms with Crippen LogP contribution in [0.2, 0.25) is 0 Å². The minimum Gasteiger partial charge on any atom is -0.497 e. The molecule has 1 unspecified atom stereocenters. The van der Waals surface area contributed by atoms with Crippen LogP contribution in [0.3, 0.4) is 0 Å². The van der Waals surface area contributed by atoms with Gasteiger partial charge in [0.05, 0.1) is 13.2 Å². The highest BCUT2D eigenvalue weighted by atomic mass is 79.9. The second kappa shape index (κ2) is 5.56. The van der Waals surface area contributed by atoms with Crippen LogP contribution in [-0.4, -0.2) is 7.11 Å². The van der Waals surface area contributed by atoms with Gasteiger partial charge in [-0.05, 0) is 56.0 Å². The van der Waals surface area contributed by atoms with Crippen LogP contribution in [0.25, 0.3) is 10.1 Å². The molecule has 2 N–H and O–H groups in total. The van der Waals surface area contributed by atoms with Crippen LogP contribution in [-0.2, 0) is 0 Å². The summed E-state index contributed by atoms with van der Waals surface area (Å²) in [5, 5.41) is 3.35. The molecule has 102 valence electrons. The van der Waals surface area contributed by atoms with E-state index < -0.39 is 0 Å². The van der Waals surface area contributed by atoms with Crippen LogP contribution in [0, 0.1) is 0 Å². The molecule has 0 radical (unpaired) electrons. The SMILES string of the molecule is COc1cccc(C(N)c2csc3c(Br)cccc23)c1. The fourth-order valence-corrected chi connectivity index (χ4v) is 3.96. The lowest BCUT2D eigenvalue weighted by atomic mass is 9.99. The molecule has 0 aliphatic rings. The lowest BCUT2D eigenvalue weighted by Crippen LogP contribution is -2.11. The van der Waals surface area contributed by atoms with Crippen molar-refractivity contribution in [2.24, 2.45) is 5.73 Å². The Morgan fingerprint density at radius 1 is 1.20 bits per heavy atom. The summed E-state index contributed by atoms with van der Waals surface area (Å²) < 4.78 is 7.62. The predicted octanol–water partition coefficient (Wildman–Crippen LogP) is 4.72. The molecule has 0 fully saturated rings.